The molecule has 0 spiro atoms. The lowest BCUT2D eigenvalue weighted by atomic mass is 10.2. The number of thiocarbonyl (C=S) groups is 1. The molecule has 0 amide bonds. The third-order valence-corrected chi connectivity index (χ3v) is 2.03. The summed E-state index contributed by atoms with van der Waals surface area (Å²) >= 11 is 4.93. The molecule has 0 aromatic carbocycles. The zero-order chi connectivity index (χ0) is 9.68. The first-order valence-corrected chi connectivity index (χ1v) is 4.56. The third-order valence-electron chi connectivity index (χ3n) is 1.68. The monoisotopic (exact) mass is 198 g/mol. The smallest absolute Gasteiger partial charge is 0.166 e. The molecule has 1 aromatic rings. The van der Waals surface area contributed by atoms with E-state index in [-0.39, 0.29) is 0 Å². The number of nitrogens with one attached hydrogen (secondary N) is 2. The molecule has 0 unspecified atom stereocenters. The lowest BCUT2D eigenvalue weighted by molar-refractivity contribution is 0.766. The lowest BCUT2D eigenvalue weighted by Gasteiger charge is -2.04. The van der Waals surface area contributed by atoms with Crippen molar-refractivity contribution in [3.8, 4) is 0 Å². The Morgan fingerprint density at radius 1 is 1.69 bits per heavy atom. The maximum atomic E-state index is 4.93. The molecule has 0 aliphatic rings. The molecule has 1 heterocycles. The molecular formula is C8H14N4S. The summed E-state index contributed by atoms with van der Waals surface area (Å²) in [5.41, 5.74) is 1.22. The molecule has 0 saturated carbocycles. The molecular weight excluding hydrogens is 184 g/mol. The molecule has 0 atom stereocenters. The summed E-state index contributed by atoms with van der Waals surface area (Å²) in [6, 6.07) is 0. The van der Waals surface area contributed by atoms with Crippen molar-refractivity contribution in [2.24, 2.45) is 7.05 Å². The number of nitrogens with zero attached hydrogens (tertiary/aromatic N) is 2. The Balaban J connectivity index is 2.24. The van der Waals surface area contributed by atoms with E-state index in [2.05, 4.69) is 15.7 Å². The minimum Gasteiger partial charge on any atom is -0.366 e. The minimum atomic E-state index is 0.684. The van der Waals surface area contributed by atoms with Crippen molar-refractivity contribution in [2.45, 2.75) is 6.42 Å². The van der Waals surface area contributed by atoms with Crippen LogP contribution < -0.4 is 10.6 Å². The standard InChI is InChI=1S/C8H14N4S/c1-9-8(13)10-4-3-7-5-11-12(2)6-7/h5-6H,3-4H2,1-2H3,(H2,9,10,13). The zero-order valence-corrected chi connectivity index (χ0v) is 8.69. The van der Waals surface area contributed by atoms with E-state index in [1.54, 1.807) is 11.7 Å². The van der Waals surface area contributed by atoms with Gasteiger partial charge in [-0.25, -0.2) is 0 Å². The third kappa shape index (κ3) is 3.42. The van der Waals surface area contributed by atoms with Crippen LogP contribution in [0.2, 0.25) is 0 Å². The summed E-state index contributed by atoms with van der Waals surface area (Å²) in [5, 5.41) is 10.7. The highest BCUT2D eigenvalue weighted by Crippen LogP contribution is 1.95. The average molecular weight is 198 g/mol. The summed E-state index contributed by atoms with van der Waals surface area (Å²) in [7, 11) is 3.72. The van der Waals surface area contributed by atoms with Crippen LogP contribution in [0.4, 0.5) is 0 Å². The van der Waals surface area contributed by atoms with Gasteiger partial charge in [0.1, 0.15) is 0 Å². The molecule has 13 heavy (non-hydrogen) atoms. The van der Waals surface area contributed by atoms with Gasteiger partial charge in [-0.2, -0.15) is 5.10 Å². The molecule has 4 nitrogen and oxygen atoms in total. The van der Waals surface area contributed by atoms with Gasteiger partial charge in [-0.05, 0) is 24.2 Å². The minimum absolute atomic E-state index is 0.684. The topological polar surface area (TPSA) is 41.9 Å². The van der Waals surface area contributed by atoms with Crippen LogP contribution in [0.15, 0.2) is 12.4 Å². The Hall–Kier alpha value is -1.10. The van der Waals surface area contributed by atoms with Gasteiger partial charge in [0.05, 0.1) is 6.20 Å². The molecule has 0 saturated heterocycles. The number of rotatable bonds is 3. The van der Waals surface area contributed by atoms with Crippen LogP contribution in [0.1, 0.15) is 5.56 Å². The van der Waals surface area contributed by atoms with E-state index in [0.717, 1.165) is 13.0 Å². The average Bonchev–Trinajstić information content (AvgIpc) is 2.51. The quantitative estimate of drug-likeness (QED) is 0.674. The predicted octanol–water partition coefficient (Wildman–Crippen LogP) is 0.0565. The molecule has 0 fully saturated rings. The Labute approximate surface area is 83.3 Å². The van der Waals surface area contributed by atoms with Crippen LogP contribution in [0.25, 0.3) is 0 Å². The predicted molar refractivity (Wildman–Crippen MR) is 56.6 cm³/mol. The van der Waals surface area contributed by atoms with Crippen LogP contribution in [0.3, 0.4) is 0 Å². The van der Waals surface area contributed by atoms with Crippen molar-refractivity contribution >= 4 is 17.3 Å². The molecule has 72 valence electrons. The normalized spacial score (nSPS) is 9.69. The SMILES string of the molecule is CNC(=S)NCCc1cnn(C)c1. The van der Waals surface area contributed by atoms with Crippen LogP contribution in [0, 0.1) is 0 Å². The molecule has 1 rings (SSSR count). The summed E-state index contributed by atoms with van der Waals surface area (Å²) < 4.78 is 1.80. The molecule has 0 aliphatic carbocycles. The van der Waals surface area contributed by atoms with Gasteiger partial charge in [0, 0.05) is 26.8 Å². The van der Waals surface area contributed by atoms with Gasteiger partial charge in [0.15, 0.2) is 5.11 Å². The second kappa shape index (κ2) is 4.81. The highest BCUT2D eigenvalue weighted by molar-refractivity contribution is 7.80. The van der Waals surface area contributed by atoms with Gasteiger partial charge in [-0.15, -0.1) is 0 Å². The first-order chi connectivity index (χ1) is 6.22. The molecule has 0 aliphatic heterocycles. The first kappa shape index (κ1) is 9.98. The van der Waals surface area contributed by atoms with Gasteiger partial charge < -0.3 is 10.6 Å². The second-order valence-corrected chi connectivity index (χ2v) is 3.19. The van der Waals surface area contributed by atoms with E-state index in [0.29, 0.717) is 5.11 Å². The molecule has 5 heteroatoms. The van der Waals surface area contributed by atoms with Gasteiger partial charge in [-0.1, -0.05) is 0 Å². The second-order valence-electron chi connectivity index (χ2n) is 2.78. The van der Waals surface area contributed by atoms with E-state index < -0.39 is 0 Å². The Bertz CT molecular complexity index is 281. The molecule has 0 radical (unpaired) electrons. The fourth-order valence-electron chi connectivity index (χ4n) is 1.01. The van der Waals surface area contributed by atoms with Crippen molar-refractivity contribution in [1.82, 2.24) is 20.4 Å². The van der Waals surface area contributed by atoms with Crippen molar-refractivity contribution in [3.05, 3.63) is 18.0 Å². The Kier molecular flexibility index (Phi) is 3.70. The van der Waals surface area contributed by atoms with Crippen molar-refractivity contribution in [3.63, 3.8) is 0 Å². The molecule has 0 bridgehead atoms. The highest BCUT2D eigenvalue weighted by Gasteiger charge is 1.96. The van der Waals surface area contributed by atoms with Gasteiger partial charge in [0.2, 0.25) is 0 Å². The summed E-state index contributed by atoms with van der Waals surface area (Å²) in [6.07, 6.45) is 4.81. The highest BCUT2D eigenvalue weighted by atomic mass is 32.1. The Morgan fingerprint density at radius 3 is 3.00 bits per heavy atom. The largest absolute Gasteiger partial charge is 0.366 e. The van der Waals surface area contributed by atoms with Gasteiger partial charge >= 0.3 is 0 Å². The summed E-state index contributed by atoms with van der Waals surface area (Å²) in [6.45, 7) is 0.839. The number of aromatic nitrogens is 2. The molecule has 2 N–H and O–H groups in total. The van der Waals surface area contributed by atoms with Gasteiger partial charge in [-0.3, -0.25) is 4.68 Å². The van der Waals surface area contributed by atoms with Crippen LogP contribution in [0.5, 0.6) is 0 Å². The Morgan fingerprint density at radius 2 is 2.46 bits per heavy atom. The van der Waals surface area contributed by atoms with Crippen molar-refractivity contribution < 1.29 is 0 Å². The summed E-state index contributed by atoms with van der Waals surface area (Å²) in [4.78, 5) is 0. The maximum Gasteiger partial charge on any atom is 0.166 e. The van der Waals surface area contributed by atoms with E-state index in [4.69, 9.17) is 12.2 Å². The number of aryl methyl sites for hydroxylation is 1. The van der Waals surface area contributed by atoms with Crippen molar-refractivity contribution in [1.29, 1.82) is 0 Å². The first-order valence-electron chi connectivity index (χ1n) is 4.15. The fourth-order valence-corrected chi connectivity index (χ4v) is 1.11. The van der Waals surface area contributed by atoms with Crippen LogP contribution in [-0.2, 0) is 13.5 Å². The maximum absolute atomic E-state index is 4.93. The van der Waals surface area contributed by atoms with E-state index in [1.807, 2.05) is 19.4 Å². The van der Waals surface area contributed by atoms with Gasteiger partial charge in [0.25, 0.3) is 0 Å². The van der Waals surface area contributed by atoms with E-state index >= 15 is 0 Å². The zero-order valence-electron chi connectivity index (χ0n) is 7.87. The fraction of sp³-hybridized carbons (Fsp3) is 0.500. The van der Waals surface area contributed by atoms with Crippen LogP contribution in [-0.4, -0.2) is 28.5 Å². The number of hydrogen-bond acceptors (Lipinski definition) is 2. The van der Waals surface area contributed by atoms with Crippen LogP contribution >= 0.6 is 12.2 Å². The van der Waals surface area contributed by atoms with E-state index in [1.165, 1.54) is 5.56 Å². The molecule has 1 aromatic heterocycles. The lowest BCUT2D eigenvalue weighted by Crippen LogP contribution is -2.33. The van der Waals surface area contributed by atoms with Crippen molar-refractivity contribution in [2.75, 3.05) is 13.6 Å². The number of hydrogen-bond donors (Lipinski definition) is 2. The van der Waals surface area contributed by atoms with E-state index in [9.17, 15) is 0 Å². The summed E-state index contributed by atoms with van der Waals surface area (Å²) in [5.74, 6) is 0.